The van der Waals surface area contributed by atoms with E-state index in [1.165, 1.54) is 0 Å². The van der Waals surface area contributed by atoms with Crippen molar-refractivity contribution in [3.05, 3.63) is 34.3 Å². The Hall–Kier alpha value is -0.910. The van der Waals surface area contributed by atoms with Gasteiger partial charge in [-0.25, -0.2) is 4.79 Å². The van der Waals surface area contributed by atoms with E-state index in [9.17, 15) is 4.79 Å². The Bertz CT molecular complexity index is 596. The van der Waals surface area contributed by atoms with E-state index in [0.29, 0.717) is 11.8 Å². The molecule has 1 saturated heterocycles. The maximum absolute atomic E-state index is 12.2. The van der Waals surface area contributed by atoms with Gasteiger partial charge in [-0.15, -0.1) is 0 Å². The third kappa shape index (κ3) is 3.68. The number of esters is 1. The lowest BCUT2D eigenvalue weighted by atomic mass is 9.82. The molecular weight excluding hydrogens is 370 g/mol. The zero-order valence-electron chi connectivity index (χ0n) is 14.6. The van der Waals surface area contributed by atoms with Crippen LogP contribution in [0.25, 0.3) is 0 Å². The number of benzene rings is 1. The van der Waals surface area contributed by atoms with Gasteiger partial charge in [0.15, 0.2) is 0 Å². The maximum Gasteiger partial charge on any atom is 0.332 e. The van der Waals surface area contributed by atoms with E-state index < -0.39 is 11.2 Å². The van der Waals surface area contributed by atoms with Crippen LogP contribution in [-0.2, 0) is 19.9 Å². The molecule has 3 atom stereocenters. The van der Waals surface area contributed by atoms with Gasteiger partial charge in [0.2, 0.25) is 0 Å². The van der Waals surface area contributed by atoms with Crippen molar-refractivity contribution in [3.8, 4) is 0 Å². The highest BCUT2D eigenvalue weighted by Gasteiger charge is 2.52. The van der Waals surface area contributed by atoms with Crippen LogP contribution in [0.4, 0.5) is 0 Å². The average Bonchev–Trinajstić information content (AvgIpc) is 3.07. The lowest BCUT2D eigenvalue weighted by molar-refractivity contribution is -0.170. The number of carbonyl (C=O) groups is 1. The highest BCUT2D eigenvalue weighted by molar-refractivity contribution is 9.10. The molecule has 1 aromatic carbocycles. The normalized spacial score (nSPS) is 29.5. The fourth-order valence-corrected chi connectivity index (χ4v) is 4.34. The van der Waals surface area contributed by atoms with Crippen molar-refractivity contribution in [3.63, 3.8) is 0 Å². The van der Waals surface area contributed by atoms with E-state index in [2.05, 4.69) is 33.4 Å². The molecule has 1 aliphatic carbocycles. The lowest BCUT2D eigenvalue weighted by Crippen LogP contribution is -2.39. The van der Waals surface area contributed by atoms with E-state index in [1.54, 1.807) is 0 Å². The van der Waals surface area contributed by atoms with Gasteiger partial charge in [-0.05, 0) is 63.8 Å². The van der Waals surface area contributed by atoms with Gasteiger partial charge in [0.05, 0.1) is 5.60 Å². The molecular formula is C19H26BrNO3. The first-order valence-electron chi connectivity index (χ1n) is 8.63. The van der Waals surface area contributed by atoms with Crippen LogP contribution < -0.4 is 5.32 Å². The number of hydrogen-bond donors (Lipinski definition) is 1. The van der Waals surface area contributed by atoms with Crippen molar-refractivity contribution < 1.29 is 14.3 Å². The van der Waals surface area contributed by atoms with Gasteiger partial charge < -0.3 is 14.8 Å². The van der Waals surface area contributed by atoms with Gasteiger partial charge in [0.25, 0.3) is 0 Å². The smallest absolute Gasteiger partial charge is 0.332 e. The zero-order valence-corrected chi connectivity index (χ0v) is 16.2. The van der Waals surface area contributed by atoms with E-state index in [-0.39, 0.29) is 12.6 Å². The van der Waals surface area contributed by atoms with Crippen LogP contribution in [0.15, 0.2) is 28.7 Å². The van der Waals surface area contributed by atoms with Gasteiger partial charge in [-0.1, -0.05) is 28.1 Å². The molecule has 1 aromatic rings. The van der Waals surface area contributed by atoms with Crippen LogP contribution in [0.1, 0.15) is 39.2 Å². The predicted octanol–water partition coefficient (Wildman–Crippen LogP) is 3.63. The van der Waals surface area contributed by atoms with Crippen LogP contribution in [0.2, 0.25) is 0 Å². The number of rotatable bonds is 4. The highest BCUT2D eigenvalue weighted by Crippen LogP contribution is 2.51. The molecule has 132 valence electrons. The largest absolute Gasteiger partial charge is 0.458 e. The molecule has 1 aliphatic heterocycles. The summed E-state index contributed by atoms with van der Waals surface area (Å²) in [6, 6.07) is 8.31. The third-order valence-corrected chi connectivity index (χ3v) is 5.55. The number of halogens is 1. The van der Waals surface area contributed by atoms with Crippen molar-refractivity contribution >= 4 is 21.9 Å². The number of fused-ring (bicyclic) bond motifs is 1. The second kappa shape index (κ2) is 6.77. The molecule has 1 N–H and O–H groups in total. The minimum atomic E-state index is -0.488. The average molecular weight is 396 g/mol. The summed E-state index contributed by atoms with van der Waals surface area (Å²) in [6.07, 6.45) is 2.08. The standard InChI is InChI=1S/C19H26BrNO3/c1-18(2,3)24-17(22)12-23-19(14-4-6-15(20)7-5-14)9-8-13-10-21-11-16(13)19/h4-7,13,16,21H,8-12H2,1-3H3. The van der Waals surface area contributed by atoms with Crippen molar-refractivity contribution in [2.75, 3.05) is 19.7 Å². The van der Waals surface area contributed by atoms with Crippen LogP contribution in [-0.4, -0.2) is 31.3 Å². The molecule has 0 aromatic heterocycles. The van der Waals surface area contributed by atoms with Crippen molar-refractivity contribution in [1.29, 1.82) is 0 Å². The highest BCUT2D eigenvalue weighted by atomic mass is 79.9. The third-order valence-electron chi connectivity index (χ3n) is 5.03. The quantitative estimate of drug-likeness (QED) is 0.790. The summed E-state index contributed by atoms with van der Waals surface area (Å²) in [4.78, 5) is 12.2. The Balaban J connectivity index is 1.81. The summed E-state index contributed by atoms with van der Waals surface area (Å²) in [5.74, 6) is 0.724. The molecule has 0 amide bonds. The van der Waals surface area contributed by atoms with Crippen molar-refractivity contribution in [1.82, 2.24) is 5.32 Å². The van der Waals surface area contributed by atoms with Gasteiger partial charge in [0, 0.05) is 16.9 Å². The van der Waals surface area contributed by atoms with Crippen LogP contribution in [0, 0.1) is 11.8 Å². The van der Waals surface area contributed by atoms with Gasteiger partial charge in [0.1, 0.15) is 12.2 Å². The molecule has 2 fully saturated rings. The molecule has 1 saturated carbocycles. The van der Waals surface area contributed by atoms with Gasteiger partial charge >= 0.3 is 5.97 Å². The first-order valence-corrected chi connectivity index (χ1v) is 9.42. The Morgan fingerprint density at radius 2 is 2.00 bits per heavy atom. The van der Waals surface area contributed by atoms with Gasteiger partial charge in [-0.2, -0.15) is 0 Å². The Kier molecular flexibility index (Phi) is 5.05. The topological polar surface area (TPSA) is 47.6 Å². The van der Waals surface area contributed by atoms with Crippen molar-refractivity contribution in [2.45, 2.75) is 44.8 Å². The first-order chi connectivity index (χ1) is 11.3. The van der Waals surface area contributed by atoms with Crippen LogP contribution in [0.3, 0.4) is 0 Å². The van der Waals surface area contributed by atoms with Gasteiger partial charge in [-0.3, -0.25) is 0 Å². The number of nitrogens with one attached hydrogen (secondary N) is 1. The van der Waals surface area contributed by atoms with E-state index in [0.717, 1.165) is 36.0 Å². The fraction of sp³-hybridized carbons (Fsp3) is 0.632. The minimum absolute atomic E-state index is 0.00342. The molecule has 0 radical (unpaired) electrons. The summed E-state index contributed by atoms with van der Waals surface area (Å²) in [5.41, 5.74) is 0.273. The summed E-state index contributed by atoms with van der Waals surface area (Å²) >= 11 is 3.50. The minimum Gasteiger partial charge on any atom is -0.458 e. The molecule has 5 heteroatoms. The lowest BCUT2D eigenvalue weighted by Gasteiger charge is -2.36. The molecule has 4 nitrogen and oxygen atoms in total. The van der Waals surface area contributed by atoms with Crippen LogP contribution in [0.5, 0.6) is 0 Å². The molecule has 3 rings (SSSR count). The molecule has 3 unspecified atom stereocenters. The Morgan fingerprint density at radius 3 is 2.67 bits per heavy atom. The number of ether oxygens (including phenoxy) is 2. The summed E-state index contributed by atoms with van der Waals surface area (Å²) in [7, 11) is 0. The molecule has 0 spiro atoms. The first kappa shape index (κ1) is 17.9. The maximum atomic E-state index is 12.2. The second-order valence-corrected chi connectivity index (χ2v) is 8.75. The zero-order chi connectivity index (χ0) is 17.4. The molecule has 2 aliphatic rings. The molecule has 0 bridgehead atoms. The van der Waals surface area contributed by atoms with E-state index in [4.69, 9.17) is 9.47 Å². The molecule has 24 heavy (non-hydrogen) atoms. The fourth-order valence-electron chi connectivity index (χ4n) is 4.08. The summed E-state index contributed by atoms with van der Waals surface area (Å²) in [5, 5.41) is 3.48. The van der Waals surface area contributed by atoms with E-state index in [1.807, 2.05) is 32.9 Å². The number of carbonyl (C=O) groups excluding carboxylic acids is 1. The predicted molar refractivity (Wildman–Crippen MR) is 96.7 cm³/mol. The van der Waals surface area contributed by atoms with Crippen molar-refractivity contribution in [2.24, 2.45) is 11.8 Å². The molecule has 1 heterocycles. The summed E-state index contributed by atoms with van der Waals surface area (Å²) < 4.78 is 12.8. The second-order valence-electron chi connectivity index (χ2n) is 7.83. The van der Waals surface area contributed by atoms with E-state index >= 15 is 0 Å². The van der Waals surface area contributed by atoms with Crippen LogP contribution >= 0.6 is 15.9 Å². The number of hydrogen-bond acceptors (Lipinski definition) is 4. The Morgan fingerprint density at radius 1 is 1.29 bits per heavy atom. The Labute approximate surface area is 152 Å². The SMILES string of the molecule is CC(C)(C)OC(=O)COC1(c2ccc(Br)cc2)CCC2CNCC21. The monoisotopic (exact) mass is 395 g/mol. The summed E-state index contributed by atoms with van der Waals surface area (Å²) in [6.45, 7) is 7.61.